The summed E-state index contributed by atoms with van der Waals surface area (Å²) in [7, 11) is 1.29. The van der Waals surface area contributed by atoms with E-state index in [-0.39, 0.29) is 5.69 Å². The van der Waals surface area contributed by atoms with Gasteiger partial charge in [-0.25, -0.2) is 14.8 Å². The lowest BCUT2D eigenvalue weighted by atomic mass is 10.2. The number of carbonyl (C=O) groups is 1. The molecule has 21 heavy (non-hydrogen) atoms. The van der Waals surface area contributed by atoms with Crippen LogP contribution in [0.4, 0.5) is 11.5 Å². The Kier molecular flexibility index (Phi) is 4.83. The van der Waals surface area contributed by atoms with Gasteiger partial charge in [0.05, 0.1) is 32.0 Å². The monoisotopic (exact) mass is 282 g/mol. The van der Waals surface area contributed by atoms with Crippen LogP contribution in [0.15, 0.2) is 42.7 Å². The molecule has 0 bridgehead atoms. The van der Waals surface area contributed by atoms with Gasteiger partial charge in [-0.2, -0.15) is 5.26 Å². The van der Waals surface area contributed by atoms with Crippen molar-refractivity contribution in [2.75, 3.05) is 18.6 Å². The second kappa shape index (κ2) is 7.01. The number of nitrogens with zero attached hydrogens (tertiary/aromatic N) is 4. The maximum atomic E-state index is 11.4. The Balaban J connectivity index is 2.29. The van der Waals surface area contributed by atoms with Crippen molar-refractivity contribution in [3.63, 3.8) is 0 Å². The van der Waals surface area contributed by atoms with E-state index >= 15 is 0 Å². The van der Waals surface area contributed by atoms with Gasteiger partial charge in [-0.3, -0.25) is 0 Å². The molecule has 0 aliphatic carbocycles. The number of benzene rings is 1. The maximum Gasteiger partial charge on any atom is 0.358 e. The van der Waals surface area contributed by atoms with E-state index in [4.69, 9.17) is 5.26 Å². The zero-order chi connectivity index (χ0) is 15.1. The minimum absolute atomic E-state index is 0.148. The van der Waals surface area contributed by atoms with Crippen LogP contribution in [0.2, 0.25) is 0 Å². The largest absolute Gasteiger partial charge is 0.464 e. The van der Waals surface area contributed by atoms with Crippen molar-refractivity contribution in [3.8, 4) is 6.07 Å². The van der Waals surface area contributed by atoms with Crippen LogP contribution < -0.4 is 4.90 Å². The molecular formula is C15H14N4O2. The van der Waals surface area contributed by atoms with Crippen LogP contribution >= 0.6 is 0 Å². The van der Waals surface area contributed by atoms with Gasteiger partial charge < -0.3 is 9.64 Å². The standard InChI is InChI=1S/C15H14N4O2/c1-21-15(20)13-10-18-14(11-17-13)19(9-5-8-16)12-6-3-2-4-7-12/h2-4,6-7,10-11H,5,9H2,1H3. The van der Waals surface area contributed by atoms with E-state index in [1.807, 2.05) is 35.2 Å². The lowest BCUT2D eigenvalue weighted by molar-refractivity contribution is 0.0593. The molecule has 2 aromatic rings. The van der Waals surface area contributed by atoms with E-state index in [2.05, 4.69) is 20.8 Å². The zero-order valence-corrected chi connectivity index (χ0v) is 11.6. The highest BCUT2D eigenvalue weighted by molar-refractivity contribution is 5.86. The normalized spacial score (nSPS) is 9.71. The van der Waals surface area contributed by atoms with Gasteiger partial charge in [-0.05, 0) is 12.1 Å². The number of anilines is 2. The molecule has 2 rings (SSSR count). The molecule has 0 aliphatic rings. The summed E-state index contributed by atoms with van der Waals surface area (Å²) in [5.41, 5.74) is 1.06. The van der Waals surface area contributed by atoms with E-state index in [9.17, 15) is 4.79 Å². The van der Waals surface area contributed by atoms with E-state index in [1.54, 1.807) is 0 Å². The molecule has 0 amide bonds. The summed E-state index contributed by atoms with van der Waals surface area (Å²) < 4.78 is 4.59. The average Bonchev–Trinajstić information content (AvgIpc) is 2.56. The lowest BCUT2D eigenvalue weighted by Crippen LogP contribution is -2.20. The first kappa shape index (κ1) is 14.5. The van der Waals surface area contributed by atoms with Gasteiger partial charge in [-0.1, -0.05) is 18.2 Å². The van der Waals surface area contributed by atoms with Gasteiger partial charge in [0.1, 0.15) is 0 Å². The summed E-state index contributed by atoms with van der Waals surface area (Å²) >= 11 is 0. The van der Waals surface area contributed by atoms with Gasteiger partial charge in [0, 0.05) is 12.2 Å². The second-order valence-corrected chi connectivity index (χ2v) is 4.15. The third kappa shape index (κ3) is 3.54. The summed E-state index contributed by atoms with van der Waals surface area (Å²) in [5.74, 6) is 0.0430. The summed E-state index contributed by atoms with van der Waals surface area (Å²) in [6.07, 6.45) is 3.22. The lowest BCUT2D eigenvalue weighted by Gasteiger charge is -2.22. The van der Waals surface area contributed by atoms with Crippen molar-refractivity contribution in [2.24, 2.45) is 0 Å². The number of carbonyl (C=O) groups excluding carboxylic acids is 1. The predicted octanol–water partition coefficient (Wildman–Crippen LogP) is 2.31. The molecule has 0 fully saturated rings. The van der Waals surface area contributed by atoms with Crippen molar-refractivity contribution in [3.05, 3.63) is 48.4 Å². The number of nitriles is 1. The van der Waals surface area contributed by atoms with Crippen molar-refractivity contribution in [1.82, 2.24) is 9.97 Å². The minimum atomic E-state index is -0.530. The topological polar surface area (TPSA) is 79.1 Å². The fraction of sp³-hybridized carbons (Fsp3) is 0.200. The highest BCUT2D eigenvalue weighted by atomic mass is 16.5. The molecule has 0 unspecified atom stereocenters. The van der Waals surface area contributed by atoms with Crippen LogP contribution in [0, 0.1) is 11.3 Å². The second-order valence-electron chi connectivity index (χ2n) is 4.15. The van der Waals surface area contributed by atoms with E-state index in [0.717, 1.165) is 5.69 Å². The molecule has 1 aromatic heterocycles. The maximum absolute atomic E-state index is 11.4. The van der Waals surface area contributed by atoms with Crippen molar-refractivity contribution in [1.29, 1.82) is 5.26 Å². The number of hydrogen-bond acceptors (Lipinski definition) is 6. The number of aromatic nitrogens is 2. The first-order valence-corrected chi connectivity index (χ1v) is 6.36. The number of ether oxygens (including phenoxy) is 1. The van der Waals surface area contributed by atoms with Crippen LogP contribution in [0.5, 0.6) is 0 Å². The third-order valence-electron chi connectivity index (χ3n) is 2.82. The molecular weight excluding hydrogens is 268 g/mol. The Morgan fingerprint density at radius 2 is 2.05 bits per heavy atom. The molecule has 106 valence electrons. The Morgan fingerprint density at radius 3 is 2.62 bits per heavy atom. The molecule has 1 aromatic carbocycles. The van der Waals surface area contributed by atoms with E-state index in [1.165, 1.54) is 19.5 Å². The van der Waals surface area contributed by atoms with E-state index < -0.39 is 5.97 Å². The summed E-state index contributed by atoms with van der Waals surface area (Å²) in [6.45, 7) is 0.493. The SMILES string of the molecule is COC(=O)c1cnc(N(CCC#N)c2ccccc2)cn1. The number of hydrogen-bond donors (Lipinski definition) is 0. The first-order chi connectivity index (χ1) is 10.3. The van der Waals surface area contributed by atoms with Gasteiger partial charge in [0.15, 0.2) is 11.5 Å². The van der Waals surface area contributed by atoms with Crippen LogP contribution in [0.25, 0.3) is 0 Å². The van der Waals surface area contributed by atoms with Gasteiger partial charge in [-0.15, -0.1) is 0 Å². The molecule has 0 radical (unpaired) electrons. The van der Waals surface area contributed by atoms with Crippen LogP contribution in [-0.4, -0.2) is 29.6 Å². The van der Waals surface area contributed by atoms with Crippen molar-refractivity contribution < 1.29 is 9.53 Å². The summed E-state index contributed by atoms with van der Waals surface area (Å²) in [4.78, 5) is 21.5. The number of rotatable bonds is 5. The minimum Gasteiger partial charge on any atom is -0.464 e. The van der Waals surface area contributed by atoms with E-state index in [0.29, 0.717) is 18.8 Å². The molecule has 0 saturated heterocycles. The fourth-order valence-corrected chi connectivity index (χ4v) is 1.82. The molecule has 0 spiro atoms. The molecule has 0 N–H and O–H groups in total. The third-order valence-corrected chi connectivity index (χ3v) is 2.82. The average molecular weight is 282 g/mol. The van der Waals surface area contributed by atoms with Crippen LogP contribution in [0.3, 0.4) is 0 Å². The fourth-order valence-electron chi connectivity index (χ4n) is 1.82. The zero-order valence-electron chi connectivity index (χ0n) is 11.6. The smallest absolute Gasteiger partial charge is 0.358 e. The molecule has 6 heteroatoms. The molecule has 0 saturated carbocycles. The predicted molar refractivity (Wildman–Crippen MR) is 77.0 cm³/mol. The Morgan fingerprint density at radius 1 is 1.29 bits per heavy atom. The van der Waals surface area contributed by atoms with Crippen molar-refractivity contribution >= 4 is 17.5 Å². The highest BCUT2D eigenvalue weighted by Gasteiger charge is 2.13. The number of para-hydroxylation sites is 1. The Hall–Kier alpha value is -2.94. The summed E-state index contributed by atoms with van der Waals surface area (Å²) in [5, 5.41) is 8.78. The first-order valence-electron chi connectivity index (χ1n) is 6.36. The number of esters is 1. The molecule has 0 atom stereocenters. The quantitative estimate of drug-likeness (QED) is 0.783. The molecule has 6 nitrogen and oxygen atoms in total. The Bertz CT molecular complexity index is 635. The highest BCUT2D eigenvalue weighted by Crippen LogP contribution is 2.22. The Labute approximate surface area is 122 Å². The number of methoxy groups -OCH3 is 1. The van der Waals surface area contributed by atoms with Crippen LogP contribution in [-0.2, 0) is 4.74 Å². The van der Waals surface area contributed by atoms with Crippen LogP contribution in [0.1, 0.15) is 16.9 Å². The van der Waals surface area contributed by atoms with Crippen molar-refractivity contribution in [2.45, 2.75) is 6.42 Å². The van der Waals surface area contributed by atoms with Gasteiger partial charge in [0.25, 0.3) is 0 Å². The molecule has 0 aliphatic heterocycles. The van der Waals surface area contributed by atoms with Gasteiger partial charge >= 0.3 is 5.97 Å². The van der Waals surface area contributed by atoms with Gasteiger partial charge in [0.2, 0.25) is 0 Å². The molecule has 1 heterocycles. The summed E-state index contributed by atoms with van der Waals surface area (Å²) in [6, 6.07) is 11.7.